The number of carbonyl (C=O) groups is 3. The Hall–Kier alpha value is -3.09. The van der Waals surface area contributed by atoms with Crippen LogP contribution in [0, 0.1) is 0 Å². The van der Waals surface area contributed by atoms with Gasteiger partial charge in [0.15, 0.2) is 0 Å². The summed E-state index contributed by atoms with van der Waals surface area (Å²) in [6, 6.07) is 8.90. The first-order valence-electron chi connectivity index (χ1n) is 9.41. The zero-order valence-corrected chi connectivity index (χ0v) is 16.0. The Morgan fingerprint density at radius 2 is 2.04 bits per heavy atom. The lowest BCUT2D eigenvalue weighted by Crippen LogP contribution is -2.43. The van der Waals surface area contributed by atoms with Crippen LogP contribution in [0.25, 0.3) is 0 Å². The molecule has 1 aromatic heterocycles. The highest BCUT2D eigenvalue weighted by Gasteiger charge is 2.49. The topological polar surface area (TPSA) is 82.9 Å². The summed E-state index contributed by atoms with van der Waals surface area (Å²) in [5, 5.41) is 2.78. The van der Waals surface area contributed by atoms with E-state index in [0.29, 0.717) is 5.76 Å². The van der Waals surface area contributed by atoms with Gasteiger partial charge in [-0.2, -0.15) is 0 Å². The van der Waals surface area contributed by atoms with E-state index >= 15 is 0 Å². The van der Waals surface area contributed by atoms with Crippen LogP contribution in [-0.4, -0.2) is 41.2 Å². The Balaban J connectivity index is 1.49. The third-order valence-electron chi connectivity index (χ3n) is 5.64. The fourth-order valence-electron chi connectivity index (χ4n) is 3.90. The van der Waals surface area contributed by atoms with Gasteiger partial charge in [-0.1, -0.05) is 18.2 Å². The van der Waals surface area contributed by atoms with Gasteiger partial charge >= 0.3 is 6.03 Å². The molecule has 28 heavy (non-hydrogen) atoms. The normalized spacial score (nSPS) is 21.0. The van der Waals surface area contributed by atoms with Crippen molar-refractivity contribution in [2.24, 2.45) is 0 Å². The smallest absolute Gasteiger partial charge is 0.325 e. The highest BCUT2D eigenvalue weighted by Crippen LogP contribution is 2.32. The molecule has 4 rings (SSSR count). The lowest BCUT2D eigenvalue weighted by Gasteiger charge is -2.23. The minimum Gasteiger partial charge on any atom is -0.467 e. The van der Waals surface area contributed by atoms with Crippen molar-refractivity contribution in [3.05, 3.63) is 59.0 Å². The SMILES string of the molecule is CN(Cc1ccco1)C(=O)CN1C(=O)NC(C)(c2ccc3c(c2)CCC3)C1=O. The highest BCUT2D eigenvalue weighted by molar-refractivity contribution is 6.09. The van der Waals surface area contributed by atoms with E-state index in [2.05, 4.69) is 5.32 Å². The van der Waals surface area contributed by atoms with E-state index in [4.69, 9.17) is 4.42 Å². The Morgan fingerprint density at radius 1 is 1.25 bits per heavy atom. The molecule has 1 aromatic carbocycles. The zero-order chi connectivity index (χ0) is 19.9. The number of likely N-dealkylation sites (N-methyl/N-ethyl adjacent to an activating group) is 1. The summed E-state index contributed by atoms with van der Waals surface area (Å²) in [6.07, 6.45) is 4.68. The number of fused-ring (bicyclic) bond motifs is 1. The average Bonchev–Trinajstić information content (AvgIpc) is 3.39. The molecule has 146 valence electrons. The maximum absolute atomic E-state index is 13.1. The van der Waals surface area contributed by atoms with E-state index < -0.39 is 17.5 Å². The molecule has 1 unspecified atom stereocenters. The minimum atomic E-state index is -1.16. The highest BCUT2D eigenvalue weighted by atomic mass is 16.3. The molecule has 7 nitrogen and oxygen atoms in total. The molecule has 2 heterocycles. The van der Waals surface area contributed by atoms with Crippen LogP contribution in [0.4, 0.5) is 4.79 Å². The van der Waals surface area contributed by atoms with Gasteiger partial charge in [0.05, 0.1) is 12.8 Å². The number of nitrogens with one attached hydrogen (secondary N) is 1. The summed E-state index contributed by atoms with van der Waals surface area (Å²) in [6.45, 7) is 1.67. The summed E-state index contributed by atoms with van der Waals surface area (Å²) in [5.41, 5.74) is 2.13. The van der Waals surface area contributed by atoms with Crippen LogP contribution in [0.15, 0.2) is 41.0 Å². The predicted octanol–water partition coefficient (Wildman–Crippen LogP) is 2.19. The minimum absolute atomic E-state index is 0.275. The molecule has 2 aliphatic rings. The molecule has 1 aliphatic heterocycles. The molecule has 0 bridgehead atoms. The van der Waals surface area contributed by atoms with Crippen molar-refractivity contribution in [2.75, 3.05) is 13.6 Å². The van der Waals surface area contributed by atoms with Crippen molar-refractivity contribution in [3.63, 3.8) is 0 Å². The Morgan fingerprint density at radius 3 is 2.79 bits per heavy atom. The molecule has 2 aromatic rings. The van der Waals surface area contributed by atoms with Crippen LogP contribution >= 0.6 is 0 Å². The summed E-state index contributed by atoms with van der Waals surface area (Å²) in [4.78, 5) is 40.5. The van der Waals surface area contributed by atoms with Crippen LogP contribution < -0.4 is 5.32 Å². The molecule has 0 radical (unpaired) electrons. The number of aryl methyl sites for hydroxylation is 2. The van der Waals surface area contributed by atoms with E-state index in [1.807, 2.05) is 18.2 Å². The first kappa shape index (κ1) is 18.3. The largest absolute Gasteiger partial charge is 0.467 e. The van der Waals surface area contributed by atoms with Gasteiger partial charge in [0.2, 0.25) is 5.91 Å². The summed E-state index contributed by atoms with van der Waals surface area (Å²) < 4.78 is 5.24. The number of rotatable bonds is 5. The third-order valence-corrected chi connectivity index (χ3v) is 5.64. The van der Waals surface area contributed by atoms with Crippen LogP contribution in [0.3, 0.4) is 0 Å². The fourth-order valence-corrected chi connectivity index (χ4v) is 3.90. The van der Waals surface area contributed by atoms with Gasteiger partial charge in [0, 0.05) is 7.05 Å². The molecule has 1 fully saturated rings. The first-order valence-corrected chi connectivity index (χ1v) is 9.41. The van der Waals surface area contributed by atoms with Gasteiger partial charge < -0.3 is 14.6 Å². The van der Waals surface area contributed by atoms with Crippen molar-refractivity contribution in [1.29, 1.82) is 0 Å². The molecule has 0 spiro atoms. The Bertz CT molecular complexity index is 937. The van der Waals surface area contributed by atoms with Crippen molar-refractivity contribution >= 4 is 17.8 Å². The lowest BCUT2D eigenvalue weighted by molar-refractivity contribution is -0.138. The van der Waals surface area contributed by atoms with Crippen molar-refractivity contribution in [2.45, 2.75) is 38.3 Å². The first-order chi connectivity index (χ1) is 13.4. The monoisotopic (exact) mass is 381 g/mol. The summed E-state index contributed by atoms with van der Waals surface area (Å²) in [5.74, 6) is -0.107. The van der Waals surface area contributed by atoms with E-state index in [-0.39, 0.29) is 19.0 Å². The second kappa shape index (κ2) is 6.82. The summed E-state index contributed by atoms with van der Waals surface area (Å²) >= 11 is 0. The van der Waals surface area contributed by atoms with Crippen molar-refractivity contribution in [1.82, 2.24) is 15.1 Å². The standard InChI is InChI=1S/C21H23N3O4/c1-21(16-9-8-14-5-3-6-15(14)11-16)19(26)24(20(27)22-21)13-18(25)23(2)12-17-7-4-10-28-17/h4,7-11H,3,5-6,12-13H2,1-2H3,(H,22,27). The predicted molar refractivity (Wildman–Crippen MR) is 101 cm³/mol. The second-order valence-corrected chi connectivity index (χ2v) is 7.61. The fraction of sp³-hybridized carbons (Fsp3) is 0.381. The van der Waals surface area contributed by atoms with E-state index in [0.717, 1.165) is 29.7 Å². The number of hydrogen-bond acceptors (Lipinski definition) is 4. The zero-order valence-electron chi connectivity index (χ0n) is 16.0. The Kier molecular flexibility index (Phi) is 4.45. The van der Waals surface area contributed by atoms with E-state index in [1.54, 1.807) is 26.1 Å². The van der Waals surface area contributed by atoms with Gasteiger partial charge in [0.25, 0.3) is 5.91 Å². The van der Waals surface area contributed by atoms with Crippen LogP contribution in [-0.2, 0) is 34.5 Å². The maximum Gasteiger partial charge on any atom is 0.325 e. The van der Waals surface area contributed by atoms with E-state index in [1.165, 1.54) is 22.3 Å². The third kappa shape index (κ3) is 3.06. The van der Waals surface area contributed by atoms with Crippen LogP contribution in [0.2, 0.25) is 0 Å². The van der Waals surface area contributed by atoms with Gasteiger partial charge in [0.1, 0.15) is 17.8 Å². The number of carbonyl (C=O) groups excluding carboxylic acids is 3. The molecule has 1 atom stereocenters. The molecule has 0 saturated carbocycles. The molecule has 7 heteroatoms. The van der Waals surface area contributed by atoms with E-state index in [9.17, 15) is 14.4 Å². The van der Waals surface area contributed by atoms with Crippen LogP contribution in [0.1, 0.15) is 35.8 Å². The molecule has 4 amide bonds. The molecule has 1 N–H and O–H groups in total. The van der Waals surface area contributed by atoms with Gasteiger partial charge in [-0.15, -0.1) is 0 Å². The van der Waals surface area contributed by atoms with Crippen LogP contribution in [0.5, 0.6) is 0 Å². The number of hydrogen-bond donors (Lipinski definition) is 1. The number of furan rings is 1. The maximum atomic E-state index is 13.1. The molecule has 1 aliphatic carbocycles. The van der Waals surface area contributed by atoms with Gasteiger partial charge in [-0.3, -0.25) is 14.5 Å². The lowest BCUT2D eigenvalue weighted by atomic mass is 9.89. The molecular formula is C21H23N3O4. The quantitative estimate of drug-likeness (QED) is 0.805. The number of nitrogens with zero attached hydrogens (tertiary/aromatic N) is 2. The number of amides is 4. The molecule has 1 saturated heterocycles. The molecular weight excluding hydrogens is 358 g/mol. The average molecular weight is 381 g/mol. The second-order valence-electron chi connectivity index (χ2n) is 7.61. The summed E-state index contributed by atoms with van der Waals surface area (Å²) in [7, 11) is 1.61. The van der Waals surface area contributed by atoms with Gasteiger partial charge in [-0.05, 0) is 55.0 Å². The van der Waals surface area contributed by atoms with Crippen molar-refractivity contribution in [3.8, 4) is 0 Å². The number of urea groups is 1. The van der Waals surface area contributed by atoms with Crippen molar-refractivity contribution < 1.29 is 18.8 Å². The number of imide groups is 1. The number of benzene rings is 1. The van der Waals surface area contributed by atoms with Gasteiger partial charge in [-0.25, -0.2) is 4.79 Å². The Labute approximate surface area is 163 Å².